The Kier molecular flexibility index (Phi) is 4.13. The number of fused-ring (bicyclic) bond motifs is 2. The second-order valence-corrected chi connectivity index (χ2v) is 7.53. The molecule has 2 aliphatic heterocycles. The fraction of sp³-hybridized carbons (Fsp3) is 0.381. The summed E-state index contributed by atoms with van der Waals surface area (Å²) in [5, 5.41) is 5.53. The summed E-state index contributed by atoms with van der Waals surface area (Å²) in [4.78, 5) is 22.0. The first-order chi connectivity index (χ1) is 13.3. The van der Waals surface area contributed by atoms with Gasteiger partial charge in [0.25, 0.3) is 5.91 Å². The minimum atomic E-state index is 0.0830. The van der Waals surface area contributed by atoms with Crippen molar-refractivity contribution in [2.75, 3.05) is 26.2 Å². The van der Waals surface area contributed by atoms with Gasteiger partial charge in [-0.15, -0.1) is 0 Å². The first kappa shape index (κ1) is 16.4. The summed E-state index contributed by atoms with van der Waals surface area (Å²) in [6, 6.07) is 11.9. The van der Waals surface area contributed by atoms with Crippen molar-refractivity contribution in [3.63, 3.8) is 0 Å². The van der Waals surface area contributed by atoms with E-state index in [0.29, 0.717) is 13.1 Å². The van der Waals surface area contributed by atoms with Crippen LogP contribution in [-0.4, -0.2) is 56.7 Å². The average molecular weight is 361 g/mol. The Morgan fingerprint density at radius 2 is 2.00 bits per heavy atom. The minimum Gasteiger partial charge on any atom is -0.331 e. The van der Waals surface area contributed by atoms with Crippen molar-refractivity contribution in [1.29, 1.82) is 0 Å². The minimum absolute atomic E-state index is 0.0830. The van der Waals surface area contributed by atoms with Gasteiger partial charge in [-0.05, 0) is 56.3 Å². The van der Waals surface area contributed by atoms with Crippen molar-refractivity contribution in [3.05, 3.63) is 60.0 Å². The zero-order chi connectivity index (χ0) is 18.2. The molecule has 4 heterocycles. The van der Waals surface area contributed by atoms with Crippen LogP contribution in [0.4, 0.5) is 0 Å². The van der Waals surface area contributed by atoms with Crippen molar-refractivity contribution >= 4 is 16.8 Å². The number of carbonyl (C=O) groups excluding carboxylic acids is 1. The summed E-state index contributed by atoms with van der Waals surface area (Å²) in [6.07, 6.45) is 6.17. The SMILES string of the molecule is O=C(c1ccc2ncccc2c1)N1Cc2ccnn2[C@@H](CN2CCCC2)C1. The zero-order valence-electron chi connectivity index (χ0n) is 15.3. The molecule has 27 heavy (non-hydrogen) atoms. The Hall–Kier alpha value is -2.73. The Balaban J connectivity index is 1.41. The van der Waals surface area contributed by atoms with Crippen LogP contribution >= 0.6 is 0 Å². The van der Waals surface area contributed by atoms with Crippen molar-refractivity contribution < 1.29 is 4.79 Å². The molecule has 0 N–H and O–H groups in total. The fourth-order valence-corrected chi connectivity index (χ4v) is 4.33. The first-order valence-corrected chi connectivity index (χ1v) is 9.67. The van der Waals surface area contributed by atoms with E-state index in [1.54, 1.807) is 6.20 Å². The van der Waals surface area contributed by atoms with E-state index in [2.05, 4.69) is 19.7 Å². The molecule has 0 spiro atoms. The number of hydrogen-bond donors (Lipinski definition) is 0. The maximum atomic E-state index is 13.2. The number of amides is 1. The Morgan fingerprint density at radius 1 is 1.11 bits per heavy atom. The fourth-order valence-electron chi connectivity index (χ4n) is 4.33. The van der Waals surface area contributed by atoms with Crippen LogP contribution in [-0.2, 0) is 6.54 Å². The van der Waals surface area contributed by atoms with E-state index in [9.17, 15) is 4.79 Å². The molecule has 5 rings (SSSR count). The molecule has 138 valence electrons. The molecule has 0 saturated carbocycles. The monoisotopic (exact) mass is 361 g/mol. The van der Waals surface area contributed by atoms with Gasteiger partial charge in [0.05, 0.1) is 23.8 Å². The van der Waals surface area contributed by atoms with Crippen molar-refractivity contribution in [3.8, 4) is 0 Å². The summed E-state index contributed by atoms with van der Waals surface area (Å²) < 4.78 is 2.12. The van der Waals surface area contributed by atoms with Crippen molar-refractivity contribution in [1.82, 2.24) is 24.6 Å². The molecule has 1 saturated heterocycles. The van der Waals surface area contributed by atoms with Gasteiger partial charge in [-0.1, -0.05) is 6.07 Å². The van der Waals surface area contributed by atoms with Gasteiger partial charge in [-0.3, -0.25) is 14.5 Å². The number of carbonyl (C=O) groups is 1. The van der Waals surface area contributed by atoms with Gasteiger partial charge in [-0.2, -0.15) is 5.10 Å². The van der Waals surface area contributed by atoms with Gasteiger partial charge >= 0.3 is 0 Å². The smallest absolute Gasteiger partial charge is 0.254 e. The van der Waals surface area contributed by atoms with Gasteiger partial charge in [0.1, 0.15) is 0 Å². The third kappa shape index (κ3) is 3.10. The predicted octanol–water partition coefficient (Wildman–Crippen LogP) is 2.72. The van der Waals surface area contributed by atoms with E-state index in [4.69, 9.17) is 0 Å². The predicted molar refractivity (Wildman–Crippen MR) is 103 cm³/mol. The summed E-state index contributed by atoms with van der Waals surface area (Å²) in [7, 11) is 0. The number of nitrogens with zero attached hydrogens (tertiary/aromatic N) is 5. The third-order valence-electron chi connectivity index (χ3n) is 5.69. The molecule has 6 heteroatoms. The van der Waals surface area contributed by atoms with Crippen molar-refractivity contribution in [2.45, 2.75) is 25.4 Å². The highest BCUT2D eigenvalue weighted by Crippen LogP contribution is 2.25. The molecule has 6 nitrogen and oxygen atoms in total. The van der Waals surface area contributed by atoms with Gasteiger partial charge in [0.2, 0.25) is 0 Å². The molecule has 0 unspecified atom stereocenters. The molecule has 0 bridgehead atoms. The molecular formula is C21H23N5O. The van der Waals surface area contributed by atoms with E-state index in [0.717, 1.165) is 41.8 Å². The van der Waals surface area contributed by atoms with Gasteiger partial charge in [-0.25, -0.2) is 0 Å². The Bertz CT molecular complexity index is 975. The van der Waals surface area contributed by atoms with Gasteiger partial charge in [0.15, 0.2) is 0 Å². The molecule has 2 aromatic heterocycles. The topological polar surface area (TPSA) is 54.3 Å². The standard InChI is InChI=1S/C21H23N5O/c27-21(17-5-6-20-16(12-17)4-3-8-22-20)25-14-18-7-9-23-26(18)19(15-25)13-24-10-1-2-11-24/h3-9,12,19H,1-2,10-11,13-15H2/t19-/m0/s1. The molecule has 1 atom stereocenters. The lowest BCUT2D eigenvalue weighted by Crippen LogP contribution is -2.45. The number of hydrogen-bond acceptors (Lipinski definition) is 4. The second kappa shape index (κ2) is 6.78. The zero-order valence-corrected chi connectivity index (χ0v) is 15.3. The highest BCUT2D eigenvalue weighted by Gasteiger charge is 2.30. The maximum absolute atomic E-state index is 13.2. The molecule has 0 aliphatic carbocycles. The van der Waals surface area contributed by atoms with E-state index in [-0.39, 0.29) is 11.9 Å². The van der Waals surface area contributed by atoms with Gasteiger partial charge in [0, 0.05) is 36.4 Å². The van der Waals surface area contributed by atoms with E-state index < -0.39 is 0 Å². The number of benzene rings is 1. The highest BCUT2D eigenvalue weighted by molar-refractivity contribution is 5.98. The molecular weight excluding hydrogens is 338 g/mol. The summed E-state index contributed by atoms with van der Waals surface area (Å²) in [5.74, 6) is 0.0830. The molecule has 3 aromatic rings. The van der Waals surface area contributed by atoms with Gasteiger partial charge < -0.3 is 9.80 Å². The number of pyridine rings is 1. The molecule has 1 aromatic carbocycles. The number of likely N-dealkylation sites (tertiary alicyclic amines) is 1. The van der Waals surface area contributed by atoms with Crippen LogP contribution in [0.2, 0.25) is 0 Å². The van der Waals surface area contributed by atoms with Crippen LogP contribution < -0.4 is 0 Å². The van der Waals surface area contributed by atoms with Crippen LogP contribution in [0, 0.1) is 0 Å². The quantitative estimate of drug-likeness (QED) is 0.720. The lowest BCUT2D eigenvalue weighted by atomic mass is 10.1. The molecule has 1 fully saturated rings. The normalized spacial score (nSPS) is 20.1. The molecule has 1 amide bonds. The lowest BCUT2D eigenvalue weighted by Gasteiger charge is -2.35. The average Bonchev–Trinajstić information content (AvgIpc) is 3.38. The molecule has 2 aliphatic rings. The van der Waals surface area contributed by atoms with E-state index in [1.165, 1.54) is 12.8 Å². The Labute approximate surface area is 158 Å². The van der Waals surface area contributed by atoms with Crippen LogP contribution in [0.1, 0.15) is 34.9 Å². The summed E-state index contributed by atoms with van der Waals surface area (Å²) >= 11 is 0. The van der Waals surface area contributed by atoms with E-state index >= 15 is 0 Å². The lowest BCUT2D eigenvalue weighted by molar-refractivity contribution is 0.0646. The first-order valence-electron chi connectivity index (χ1n) is 9.67. The summed E-state index contributed by atoms with van der Waals surface area (Å²) in [6.45, 7) is 4.58. The largest absolute Gasteiger partial charge is 0.331 e. The highest BCUT2D eigenvalue weighted by atomic mass is 16.2. The number of aromatic nitrogens is 3. The van der Waals surface area contributed by atoms with E-state index in [1.807, 2.05) is 47.5 Å². The van der Waals surface area contributed by atoms with Crippen LogP contribution in [0.25, 0.3) is 10.9 Å². The van der Waals surface area contributed by atoms with Crippen LogP contribution in [0.3, 0.4) is 0 Å². The molecule has 0 radical (unpaired) electrons. The number of rotatable bonds is 3. The Morgan fingerprint density at radius 3 is 2.89 bits per heavy atom. The van der Waals surface area contributed by atoms with Crippen LogP contribution in [0.5, 0.6) is 0 Å². The van der Waals surface area contributed by atoms with Crippen molar-refractivity contribution in [2.24, 2.45) is 0 Å². The maximum Gasteiger partial charge on any atom is 0.254 e. The second-order valence-electron chi connectivity index (χ2n) is 7.53. The summed E-state index contributed by atoms with van der Waals surface area (Å²) in [5.41, 5.74) is 2.75. The van der Waals surface area contributed by atoms with Crippen LogP contribution in [0.15, 0.2) is 48.8 Å². The third-order valence-corrected chi connectivity index (χ3v) is 5.69.